The van der Waals surface area contributed by atoms with Crippen LogP contribution in [0.15, 0.2) is 42.6 Å². The first-order chi connectivity index (χ1) is 18.6. The van der Waals surface area contributed by atoms with Crippen molar-refractivity contribution >= 4 is 34.7 Å². The van der Waals surface area contributed by atoms with Crippen molar-refractivity contribution in [3.8, 4) is 5.75 Å². The molecule has 1 unspecified atom stereocenters. The molecule has 8 nitrogen and oxygen atoms in total. The van der Waals surface area contributed by atoms with E-state index in [1.165, 1.54) is 23.4 Å². The van der Waals surface area contributed by atoms with Gasteiger partial charge in [0.05, 0.1) is 26.0 Å². The van der Waals surface area contributed by atoms with Crippen molar-refractivity contribution in [3.63, 3.8) is 0 Å². The number of nitrogens with zero attached hydrogens (tertiary/aromatic N) is 3. The highest BCUT2D eigenvalue weighted by atomic mass is 35.5. The first-order valence-electron chi connectivity index (χ1n) is 13.0. The highest BCUT2D eigenvalue weighted by Crippen LogP contribution is 2.33. The van der Waals surface area contributed by atoms with Crippen LogP contribution >= 0.6 is 11.6 Å². The summed E-state index contributed by atoms with van der Waals surface area (Å²) in [6.07, 6.45) is 4.39. The Balaban J connectivity index is 1.29. The molecule has 0 radical (unpaired) electrons. The van der Waals surface area contributed by atoms with Crippen LogP contribution in [0.5, 0.6) is 5.75 Å². The minimum absolute atomic E-state index is 0.182. The lowest BCUT2D eigenvalue weighted by Gasteiger charge is -2.18. The number of para-hydroxylation sites is 1. The van der Waals surface area contributed by atoms with Gasteiger partial charge in [-0.05, 0) is 54.7 Å². The lowest BCUT2D eigenvalue weighted by molar-refractivity contribution is 0.150. The lowest BCUT2D eigenvalue weighted by Crippen LogP contribution is -2.29. The number of ether oxygens (including phenoxy) is 3. The maximum Gasteiger partial charge on any atom is 0.229 e. The zero-order valence-corrected chi connectivity index (χ0v) is 22.3. The van der Waals surface area contributed by atoms with E-state index in [9.17, 15) is 4.39 Å². The number of hydrogen-bond acceptors (Lipinski definition) is 8. The highest BCUT2D eigenvalue weighted by molar-refractivity contribution is 6.32. The number of benzene rings is 2. The molecule has 0 amide bonds. The largest absolute Gasteiger partial charge is 0.491 e. The monoisotopic (exact) mass is 541 g/mol. The summed E-state index contributed by atoms with van der Waals surface area (Å²) in [6.45, 7) is 5.52. The first kappa shape index (κ1) is 26.6. The number of aromatic nitrogens is 2. The molecule has 1 fully saturated rings. The Morgan fingerprint density at radius 2 is 2.03 bits per heavy atom. The van der Waals surface area contributed by atoms with Gasteiger partial charge in [-0.2, -0.15) is 4.98 Å². The van der Waals surface area contributed by atoms with Gasteiger partial charge in [0.1, 0.15) is 16.5 Å². The molecule has 2 aliphatic rings. The van der Waals surface area contributed by atoms with Gasteiger partial charge in [-0.1, -0.05) is 23.7 Å². The Kier molecular flexibility index (Phi) is 8.90. The van der Waals surface area contributed by atoms with E-state index < -0.39 is 5.82 Å². The summed E-state index contributed by atoms with van der Waals surface area (Å²) >= 11 is 6.39. The fourth-order valence-corrected chi connectivity index (χ4v) is 4.86. The van der Waals surface area contributed by atoms with Gasteiger partial charge in [0, 0.05) is 45.0 Å². The summed E-state index contributed by atoms with van der Waals surface area (Å²) in [6, 6.07) is 11.0. The number of methoxy groups -OCH3 is 1. The van der Waals surface area contributed by atoms with Crippen LogP contribution in [0.1, 0.15) is 17.5 Å². The average Bonchev–Trinajstić information content (AvgIpc) is 3.36. The van der Waals surface area contributed by atoms with Gasteiger partial charge in [0.2, 0.25) is 5.95 Å². The maximum atomic E-state index is 14.8. The van der Waals surface area contributed by atoms with E-state index in [1.54, 1.807) is 19.2 Å². The standard InChI is InChI=1S/C28H33ClFN5O3/c1-36-14-12-35-10-7-20-5-6-22(15-21(20)8-11-35)32-28-31-16-23(29)27(34-28)33-26-24(30)3-2-4-25(26)38-18-19-9-13-37-17-19/h2-6,15-16,19H,7-14,17-18H2,1H3,(H2,31,32,33,34). The van der Waals surface area contributed by atoms with Gasteiger partial charge in [-0.25, -0.2) is 9.37 Å². The Morgan fingerprint density at radius 3 is 2.84 bits per heavy atom. The maximum absolute atomic E-state index is 14.8. The van der Waals surface area contributed by atoms with Crippen molar-refractivity contribution in [1.82, 2.24) is 14.9 Å². The molecule has 2 aromatic carbocycles. The third kappa shape index (κ3) is 6.71. The number of hydrogen-bond donors (Lipinski definition) is 2. The van der Waals surface area contributed by atoms with E-state index in [2.05, 4.69) is 37.6 Å². The van der Waals surface area contributed by atoms with Gasteiger partial charge in [-0.15, -0.1) is 0 Å². The van der Waals surface area contributed by atoms with E-state index in [0.29, 0.717) is 30.8 Å². The molecular formula is C28H33ClFN5O3. The van der Waals surface area contributed by atoms with Crippen molar-refractivity contribution in [3.05, 3.63) is 64.6 Å². The first-order valence-corrected chi connectivity index (χ1v) is 13.4. The number of fused-ring (bicyclic) bond motifs is 1. The van der Waals surface area contributed by atoms with Gasteiger partial charge >= 0.3 is 0 Å². The van der Waals surface area contributed by atoms with Crippen LogP contribution in [-0.4, -0.2) is 68.0 Å². The minimum atomic E-state index is -0.459. The molecule has 38 heavy (non-hydrogen) atoms. The Bertz CT molecular complexity index is 1240. The van der Waals surface area contributed by atoms with Crippen LogP contribution in [-0.2, 0) is 22.3 Å². The van der Waals surface area contributed by atoms with Gasteiger partial charge in [0.25, 0.3) is 0 Å². The number of rotatable bonds is 10. The topological polar surface area (TPSA) is 80.8 Å². The van der Waals surface area contributed by atoms with Gasteiger partial charge in [-0.3, -0.25) is 0 Å². The molecule has 1 aromatic heterocycles. The summed E-state index contributed by atoms with van der Waals surface area (Å²) < 4.78 is 31.4. The molecular weight excluding hydrogens is 509 g/mol. The van der Waals surface area contributed by atoms with Crippen LogP contribution in [0.2, 0.25) is 5.02 Å². The van der Waals surface area contributed by atoms with Crippen molar-refractivity contribution in [2.75, 3.05) is 63.8 Å². The van der Waals surface area contributed by atoms with Gasteiger partial charge in [0.15, 0.2) is 11.6 Å². The molecule has 0 saturated carbocycles. The highest BCUT2D eigenvalue weighted by Gasteiger charge is 2.19. The molecule has 202 valence electrons. The van der Waals surface area contributed by atoms with E-state index in [-0.39, 0.29) is 16.5 Å². The molecule has 3 aromatic rings. The molecule has 3 heterocycles. The van der Waals surface area contributed by atoms with Crippen LogP contribution in [0.25, 0.3) is 0 Å². The van der Waals surface area contributed by atoms with Crippen molar-refractivity contribution in [2.45, 2.75) is 19.3 Å². The molecule has 2 N–H and O–H groups in total. The lowest BCUT2D eigenvalue weighted by atomic mass is 10.0. The Labute approximate surface area is 227 Å². The number of nitrogens with one attached hydrogen (secondary N) is 2. The zero-order chi connectivity index (χ0) is 26.3. The zero-order valence-electron chi connectivity index (χ0n) is 21.5. The quantitative estimate of drug-likeness (QED) is 0.362. The van der Waals surface area contributed by atoms with Crippen LogP contribution in [0, 0.1) is 11.7 Å². The fourth-order valence-electron chi connectivity index (χ4n) is 4.72. The van der Waals surface area contributed by atoms with E-state index in [1.807, 2.05) is 6.07 Å². The summed E-state index contributed by atoms with van der Waals surface area (Å²) in [5.41, 5.74) is 3.73. The molecule has 1 atom stereocenters. The van der Waals surface area contributed by atoms with Crippen LogP contribution in [0.4, 0.5) is 27.5 Å². The van der Waals surface area contributed by atoms with Crippen LogP contribution in [0.3, 0.4) is 0 Å². The molecule has 0 spiro atoms. The second kappa shape index (κ2) is 12.7. The smallest absolute Gasteiger partial charge is 0.229 e. The third-order valence-electron chi connectivity index (χ3n) is 6.93. The second-order valence-corrected chi connectivity index (χ2v) is 10.0. The molecule has 0 bridgehead atoms. The Hall–Kier alpha value is -2.98. The molecule has 5 rings (SSSR count). The van der Waals surface area contributed by atoms with Crippen LogP contribution < -0.4 is 15.4 Å². The molecule has 2 aliphatic heterocycles. The van der Waals surface area contributed by atoms with Gasteiger partial charge < -0.3 is 29.7 Å². The normalized spacial score (nSPS) is 17.6. The summed E-state index contributed by atoms with van der Waals surface area (Å²) in [5, 5.41) is 6.56. The summed E-state index contributed by atoms with van der Waals surface area (Å²) in [5.74, 6) is 0.867. The van der Waals surface area contributed by atoms with Crippen molar-refractivity contribution < 1.29 is 18.6 Å². The third-order valence-corrected chi connectivity index (χ3v) is 7.21. The second-order valence-electron chi connectivity index (χ2n) is 9.61. The minimum Gasteiger partial charge on any atom is -0.491 e. The fraction of sp³-hybridized carbons (Fsp3) is 0.429. The SMILES string of the molecule is COCCN1CCc2ccc(Nc3ncc(Cl)c(Nc4c(F)cccc4OCC4CCOC4)n3)cc2CC1. The molecule has 1 saturated heterocycles. The molecule has 0 aliphatic carbocycles. The van der Waals surface area contributed by atoms with E-state index >= 15 is 0 Å². The summed E-state index contributed by atoms with van der Waals surface area (Å²) in [4.78, 5) is 11.3. The number of anilines is 4. The van der Waals surface area contributed by atoms with E-state index in [4.69, 9.17) is 25.8 Å². The Morgan fingerprint density at radius 1 is 1.16 bits per heavy atom. The predicted octanol–water partition coefficient (Wildman–Crippen LogP) is 5.22. The predicted molar refractivity (Wildman–Crippen MR) is 147 cm³/mol. The summed E-state index contributed by atoms with van der Waals surface area (Å²) in [7, 11) is 1.74. The van der Waals surface area contributed by atoms with E-state index in [0.717, 1.165) is 57.8 Å². The van der Waals surface area contributed by atoms with Crippen molar-refractivity contribution in [2.24, 2.45) is 5.92 Å². The average molecular weight is 542 g/mol. The number of halogens is 2. The molecule has 10 heteroatoms. The van der Waals surface area contributed by atoms with Crippen molar-refractivity contribution in [1.29, 1.82) is 0 Å².